The summed E-state index contributed by atoms with van der Waals surface area (Å²) < 4.78 is 10.7. The molecule has 0 aromatic heterocycles. The second-order valence-corrected chi connectivity index (χ2v) is 3.43. The van der Waals surface area contributed by atoms with Crippen LogP contribution in [0.5, 0.6) is 11.5 Å². The lowest BCUT2D eigenvalue weighted by Gasteiger charge is -2.09. The minimum absolute atomic E-state index is 0.00828. The van der Waals surface area contributed by atoms with Gasteiger partial charge in [-0.15, -0.1) is 0 Å². The fourth-order valence-corrected chi connectivity index (χ4v) is 1.44. The molecule has 15 heavy (non-hydrogen) atoms. The minimum atomic E-state index is -0.436. The van der Waals surface area contributed by atoms with Gasteiger partial charge in [-0.2, -0.15) is 0 Å². The molecule has 1 aromatic rings. The van der Waals surface area contributed by atoms with Gasteiger partial charge in [0.05, 0.1) is 13.2 Å². The maximum absolute atomic E-state index is 11.3. The smallest absolute Gasteiger partial charge is 0.223 e. The third-order valence-corrected chi connectivity index (χ3v) is 2.23. The Morgan fingerprint density at radius 1 is 1.47 bits per heavy atom. The summed E-state index contributed by atoms with van der Waals surface area (Å²) in [5.74, 6) is 0.198. The van der Waals surface area contributed by atoms with Gasteiger partial charge in [0.2, 0.25) is 5.43 Å². The molecule has 1 unspecified atom stereocenters. The average Bonchev–Trinajstić information content (AvgIpc) is 2.64. The number of hydrogen-bond donors (Lipinski definition) is 1. The third-order valence-electron chi connectivity index (χ3n) is 2.23. The van der Waals surface area contributed by atoms with Crippen molar-refractivity contribution in [3.63, 3.8) is 0 Å². The maximum atomic E-state index is 11.3. The summed E-state index contributed by atoms with van der Waals surface area (Å²) in [6.07, 6.45) is 0.840. The molecule has 1 saturated heterocycles. The number of ether oxygens (including phenoxy) is 2. The Kier molecular flexibility index (Phi) is 2.87. The van der Waals surface area contributed by atoms with Crippen molar-refractivity contribution in [3.8, 4) is 11.5 Å². The molecule has 2 rings (SSSR count). The molecule has 1 N–H and O–H groups in total. The van der Waals surface area contributed by atoms with Crippen LogP contribution in [0.25, 0.3) is 0 Å². The topological polar surface area (TPSA) is 55.8 Å². The highest BCUT2D eigenvalue weighted by Gasteiger charge is 2.16. The van der Waals surface area contributed by atoms with E-state index in [1.54, 1.807) is 12.1 Å². The van der Waals surface area contributed by atoms with Crippen LogP contribution in [-0.2, 0) is 4.74 Å². The fraction of sp³-hybridized carbons (Fsp3) is 0.364. The van der Waals surface area contributed by atoms with Crippen LogP contribution in [0.3, 0.4) is 0 Å². The van der Waals surface area contributed by atoms with Gasteiger partial charge in [0.25, 0.3) is 0 Å². The first kappa shape index (κ1) is 9.98. The van der Waals surface area contributed by atoms with Gasteiger partial charge < -0.3 is 14.6 Å². The molecule has 0 bridgehead atoms. The van der Waals surface area contributed by atoms with E-state index in [1.165, 1.54) is 12.1 Å². The van der Waals surface area contributed by atoms with Crippen LogP contribution in [0.15, 0.2) is 29.1 Å². The lowest BCUT2D eigenvalue weighted by Crippen LogP contribution is -2.15. The van der Waals surface area contributed by atoms with Gasteiger partial charge in [-0.05, 0) is 12.1 Å². The normalized spacial score (nSPS) is 20.1. The van der Waals surface area contributed by atoms with Gasteiger partial charge >= 0.3 is 0 Å². The zero-order valence-corrected chi connectivity index (χ0v) is 8.18. The summed E-state index contributed by atoms with van der Waals surface area (Å²) in [6.45, 7) is 1.25. The Labute approximate surface area is 87.1 Å². The Morgan fingerprint density at radius 2 is 2.33 bits per heavy atom. The van der Waals surface area contributed by atoms with Gasteiger partial charge in [0.1, 0.15) is 11.9 Å². The molecule has 1 aliphatic heterocycles. The Bertz CT molecular complexity index is 396. The first-order chi connectivity index (χ1) is 7.25. The van der Waals surface area contributed by atoms with E-state index in [-0.39, 0.29) is 11.9 Å². The molecule has 1 aromatic carbocycles. The Balaban J connectivity index is 2.18. The molecule has 0 aliphatic carbocycles. The molecular formula is C11H12O4. The van der Waals surface area contributed by atoms with Crippen molar-refractivity contribution in [1.82, 2.24) is 0 Å². The predicted octanol–water partition coefficient (Wildman–Crippen LogP) is 0.920. The van der Waals surface area contributed by atoms with E-state index < -0.39 is 5.43 Å². The highest BCUT2D eigenvalue weighted by atomic mass is 16.5. The van der Waals surface area contributed by atoms with E-state index in [1.807, 2.05) is 0 Å². The molecule has 0 radical (unpaired) electrons. The number of rotatable bonds is 2. The summed E-state index contributed by atoms with van der Waals surface area (Å²) in [5, 5.41) is 9.17. The SMILES string of the molecule is O=c1cc(OC2CCOC2)cccc1O. The van der Waals surface area contributed by atoms with E-state index >= 15 is 0 Å². The second-order valence-electron chi connectivity index (χ2n) is 3.43. The standard InChI is InChI=1S/C11H12O4/c12-10-3-1-2-8(6-11(10)13)15-9-4-5-14-7-9/h1-3,6,9H,4-5,7H2,(H,12,13). The first-order valence-corrected chi connectivity index (χ1v) is 4.83. The van der Waals surface area contributed by atoms with Crippen molar-refractivity contribution in [3.05, 3.63) is 34.5 Å². The van der Waals surface area contributed by atoms with Gasteiger partial charge in [-0.25, -0.2) is 0 Å². The van der Waals surface area contributed by atoms with Crippen molar-refractivity contribution in [1.29, 1.82) is 0 Å². The monoisotopic (exact) mass is 208 g/mol. The summed E-state index contributed by atoms with van der Waals surface area (Å²) in [7, 11) is 0. The molecule has 1 heterocycles. The zero-order chi connectivity index (χ0) is 10.7. The number of hydrogen-bond acceptors (Lipinski definition) is 4. The molecule has 4 nitrogen and oxygen atoms in total. The van der Waals surface area contributed by atoms with E-state index in [9.17, 15) is 9.90 Å². The minimum Gasteiger partial charge on any atom is -0.504 e. The largest absolute Gasteiger partial charge is 0.504 e. The van der Waals surface area contributed by atoms with Crippen molar-refractivity contribution >= 4 is 0 Å². The molecular weight excluding hydrogens is 196 g/mol. The lowest BCUT2D eigenvalue weighted by atomic mass is 10.3. The van der Waals surface area contributed by atoms with E-state index in [2.05, 4.69) is 0 Å². The van der Waals surface area contributed by atoms with Crippen molar-refractivity contribution in [2.75, 3.05) is 13.2 Å². The number of aromatic hydroxyl groups is 1. The van der Waals surface area contributed by atoms with Gasteiger partial charge in [0, 0.05) is 12.5 Å². The van der Waals surface area contributed by atoms with Crippen LogP contribution < -0.4 is 10.2 Å². The Hall–Kier alpha value is -1.55. The third kappa shape index (κ3) is 2.47. The van der Waals surface area contributed by atoms with Crippen LogP contribution in [0.4, 0.5) is 0 Å². The van der Waals surface area contributed by atoms with E-state index in [0.717, 1.165) is 6.42 Å². The predicted molar refractivity (Wildman–Crippen MR) is 54.2 cm³/mol. The molecule has 0 amide bonds. The fourth-order valence-electron chi connectivity index (χ4n) is 1.44. The van der Waals surface area contributed by atoms with E-state index in [0.29, 0.717) is 19.0 Å². The zero-order valence-electron chi connectivity index (χ0n) is 8.18. The summed E-state index contributed by atoms with van der Waals surface area (Å²) in [5.41, 5.74) is -0.436. The molecule has 0 spiro atoms. The maximum Gasteiger partial charge on any atom is 0.223 e. The summed E-state index contributed by atoms with van der Waals surface area (Å²) >= 11 is 0. The van der Waals surface area contributed by atoms with Crippen LogP contribution in [0.2, 0.25) is 0 Å². The van der Waals surface area contributed by atoms with Gasteiger partial charge in [-0.3, -0.25) is 4.79 Å². The Morgan fingerprint density at radius 3 is 3.07 bits per heavy atom. The van der Waals surface area contributed by atoms with Crippen molar-refractivity contribution in [2.24, 2.45) is 0 Å². The average molecular weight is 208 g/mol. The molecule has 1 fully saturated rings. The molecule has 4 heteroatoms. The van der Waals surface area contributed by atoms with Crippen LogP contribution in [0.1, 0.15) is 6.42 Å². The van der Waals surface area contributed by atoms with E-state index in [4.69, 9.17) is 9.47 Å². The first-order valence-electron chi connectivity index (χ1n) is 4.83. The summed E-state index contributed by atoms with van der Waals surface area (Å²) in [6, 6.07) is 5.87. The van der Waals surface area contributed by atoms with Crippen LogP contribution in [-0.4, -0.2) is 24.4 Å². The quantitative estimate of drug-likeness (QED) is 0.785. The van der Waals surface area contributed by atoms with Gasteiger partial charge in [-0.1, -0.05) is 6.07 Å². The molecule has 1 aliphatic rings. The van der Waals surface area contributed by atoms with Crippen LogP contribution in [0, 0.1) is 0 Å². The summed E-state index contributed by atoms with van der Waals surface area (Å²) in [4.78, 5) is 11.3. The highest BCUT2D eigenvalue weighted by Crippen LogP contribution is 2.15. The van der Waals surface area contributed by atoms with Crippen molar-refractivity contribution in [2.45, 2.75) is 12.5 Å². The van der Waals surface area contributed by atoms with Crippen LogP contribution >= 0.6 is 0 Å². The molecule has 80 valence electrons. The van der Waals surface area contributed by atoms with Crippen molar-refractivity contribution < 1.29 is 14.6 Å². The second kappa shape index (κ2) is 4.31. The lowest BCUT2D eigenvalue weighted by molar-refractivity contribution is 0.141. The van der Waals surface area contributed by atoms with Gasteiger partial charge in [0.15, 0.2) is 5.75 Å². The highest BCUT2D eigenvalue weighted by molar-refractivity contribution is 5.27. The molecule has 1 atom stereocenters. The molecule has 0 saturated carbocycles.